The van der Waals surface area contributed by atoms with E-state index in [9.17, 15) is 0 Å². The molecule has 1 saturated carbocycles. The van der Waals surface area contributed by atoms with Crippen LogP contribution >= 0.6 is 15.9 Å². The van der Waals surface area contributed by atoms with Gasteiger partial charge in [-0.1, -0.05) is 28.9 Å². The molecule has 0 bridgehead atoms. The third kappa shape index (κ3) is 3.23. The standard InChI is InChI=1S/C14H20BrNO/c1-10-5-7-11(8-6-10)17-14-4-2-3-13(15)12(14)9-16/h2-4,10-11H,5-9,16H2,1H3. The van der Waals surface area contributed by atoms with Gasteiger partial charge in [-0.2, -0.15) is 0 Å². The van der Waals surface area contributed by atoms with Crippen molar-refractivity contribution in [2.45, 2.75) is 45.3 Å². The molecule has 1 aromatic carbocycles. The maximum atomic E-state index is 6.10. The highest BCUT2D eigenvalue weighted by molar-refractivity contribution is 9.10. The monoisotopic (exact) mass is 297 g/mol. The average Bonchev–Trinajstić information content (AvgIpc) is 2.32. The molecule has 3 heteroatoms. The second-order valence-corrected chi connectivity index (χ2v) is 5.77. The number of hydrogen-bond acceptors (Lipinski definition) is 2. The fourth-order valence-electron chi connectivity index (χ4n) is 2.37. The Morgan fingerprint density at radius 2 is 2.00 bits per heavy atom. The molecule has 2 rings (SSSR count). The van der Waals surface area contributed by atoms with Gasteiger partial charge in [0.15, 0.2) is 0 Å². The summed E-state index contributed by atoms with van der Waals surface area (Å²) in [7, 11) is 0. The van der Waals surface area contributed by atoms with Crippen LogP contribution < -0.4 is 10.5 Å². The first-order valence-corrected chi connectivity index (χ1v) is 7.14. The van der Waals surface area contributed by atoms with Crippen molar-refractivity contribution in [3.05, 3.63) is 28.2 Å². The third-order valence-corrected chi connectivity index (χ3v) is 4.28. The van der Waals surface area contributed by atoms with Crippen LogP contribution in [0.3, 0.4) is 0 Å². The van der Waals surface area contributed by atoms with Gasteiger partial charge in [0.1, 0.15) is 5.75 Å². The minimum atomic E-state index is 0.366. The van der Waals surface area contributed by atoms with Gasteiger partial charge in [-0.15, -0.1) is 0 Å². The molecule has 0 spiro atoms. The van der Waals surface area contributed by atoms with Crippen LogP contribution in [0.1, 0.15) is 38.2 Å². The van der Waals surface area contributed by atoms with Gasteiger partial charge in [0.25, 0.3) is 0 Å². The van der Waals surface area contributed by atoms with Crippen molar-refractivity contribution in [1.29, 1.82) is 0 Å². The molecule has 0 heterocycles. The molecule has 0 radical (unpaired) electrons. The molecule has 0 saturated heterocycles. The van der Waals surface area contributed by atoms with E-state index in [0.29, 0.717) is 12.6 Å². The molecular formula is C14H20BrNO. The molecule has 1 fully saturated rings. The largest absolute Gasteiger partial charge is 0.490 e. The number of nitrogens with two attached hydrogens (primary N) is 1. The smallest absolute Gasteiger partial charge is 0.125 e. The molecule has 1 aliphatic rings. The summed E-state index contributed by atoms with van der Waals surface area (Å²) in [5.74, 6) is 1.80. The lowest BCUT2D eigenvalue weighted by Crippen LogP contribution is -2.23. The summed E-state index contributed by atoms with van der Waals surface area (Å²) in [5, 5.41) is 0. The molecule has 94 valence electrons. The van der Waals surface area contributed by atoms with Gasteiger partial charge in [0.2, 0.25) is 0 Å². The summed E-state index contributed by atoms with van der Waals surface area (Å²) in [4.78, 5) is 0. The molecule has 0 aliphatic heterocycles. The van der Waals surface area contributed by atoms with Gasteiger partial charge in [-0.05, 0) is 43.7 Å². The van der Waals surface area contributed by atoms with E-state index in [4.69, 9.17) is 10.5 Å². The zero-order chi connectivity index (χ0) is 12.3. The van der Waals surface area contributed by atoms with Crippen LogP contribution in [-0.2, 0) is 6.54 Å². The first kappa shape index (κ1) is 12.9. The molecule has 1 aliphatic carbocycles. The molecule has 1 aromatic rings. The van der Waals surface area contributed by atoms with Gasteiger partial charge in [0, 0.05) is 16.6 Å². The first-order chi connectivity index (χ1) is 8.20. The van der Waals surface area contributed by atoms with Crippen molar-refractivity contribution in [2.24, 2.45) is 11.7 Å². The lowest BCUT2D eigenvalue weighted by atomic mass is 9.89. The highest BCUT2D eigenvalue weighted by Crippen LogP contribution is 2.31. The van der Waals surface area contributed by atoms with E-state index in [2.05, 4.69) is 22.9 Å². The minimum absolute atomic E-state index is 0.366. The van der Waals surface area contributed by atoms with Gasteiger partial charge in [0.05, 0.1) is 6.10 Å². The highest BCUT2D eigenvalue weighted by Gasteiger charge is 2.20. The van der Waals surface area contributed by atoms with Crippen molar-refractivity contribution in [1.82, 2.24) is 0 Å². The Balaban J connectivity index is 2.05. The topological polar surface area (TPSA) is 35.2 Å². The van der Waals surface area contributed by atoms with E-state index in [1.165, 1.54) is 12.8 Å². The first-order valence-electron chi connectivity index (χ1n) is 6.34. The Morgan fingerprint density at radius 1 is 1.29 bits per heavy atom. The summed E-state index contributed by atoms with van der Waals surface area (Å²) in [6.07, 6.45) is 5.24. The van der Waals surface area contributed by atoms with E-state index >= 15 is 0 Å². The number of ether oxygens (including phenoxy) is 1. The zero-order valence-electron chi connectivity index (χ0n) is 10.3. The summed E-state index contributed by atoms with van der Waals surface area (Å²) in [5.41, 5.74) is 6.84. The van der Waals surface area contributed by atoms with Crippen molar-refractivity contribution in [2.75, 3.05) is 0 Å². The molecule has 0 aromatic heterocycles. The fraction of sp³-hybridized carbons (Fsp3) is 0.571. The molecule has 17 heavy (non-hydrogen) atoms. The van der Waals surface area contributed by atoms with E-state index in [1.54, 1.807) is 0 Å². The SMILES string of the molecule is CC1CCC(Oc2cccc(Br)c2CN)CC1. The predicted molar refractivity (Wildman–Crippen MR) is 74.1 cm³/mol. The lowest BCUT2D eigenvalue weighted by molar-refractivity contribution is 0.134. The summed E-state index contributed by atoms with van der Waals surface area (Å²) < 4.78 is 7.14. The van der Waals surface area contributed by atoms with Crippen LogP contribution in [0.4, 0.5) is 0 Å². The van der Waals surface area contributed by atoms with Crippen LogP contribution in [0.2, 0.25) is 0 Å². The van der Waals surface area contributed by atoms with E-state index in [0.717, 1.165) is 34.5 Å². The minimum Gasteiger partial charge on any atom is -0.490 e. The van der Waals surface area contributed by atoms with Gasteiger partial charge in [-0.25, -0.2) is 0 Å². The number of halogens is 1. The third-order valence-electron chi connectivity index (χ3n) is 3.54. The fourth-order valence-corrected chi connectivity index (χ4v) is 2.88. The Hall–Kier alpha value is -0.540. The molecule has 2 N–H and O–H groups in total. The number of hydrogen-bond donors (Lipinski definition) is 1. The quantitative estimate of drug-likeness (QED) is 0.919. The molecular weight excluding hydrogens is 278 g/mol. The van der Waals surface area contributed by atoms with Crippen LogP contribution in [-0.4, -0.2) is 6.10 Å². The van der Waals surface area contributed by atoms with E-state index in [1.807, 2.05) is 18.2 Å². The predicted octanol–water partition coefficient (Wildman–Crippen LogP) is 3.87. The van der Waals surface area contributed by atoms with Crippen LogP contribution in [0, 0.1) is 5.92 Å². The summed E-state index contributed by atoms with van der Waals surface area (Å²) in [6, 6.07) is 6.03. The maximum absolute atomic E-state index is 6.10. The van der Waals surface area contributed by atoms with Crippen LogP contribution in [0.25, 0.3) is 0 Å². The van der Waals surface area contributed by atoms with Crippen molar-refractivity contribution >= 4 is 15.9 Å². The molecule has 0 amide bonds. The second-order valence-electron chi connectivity index (χ2n) is 4.92. The molecule has 0 unspecified atom stereocenters. The Labute approximate surface area is 112 Å². The summed E-state index contributed by atoms with van der Waals surface area (Å²) >= 11 is 3.52. The Morgan fingerprint density at radius 3 is 2.65 bits per heavy atom. The van der Waals surface area contributed by atoms with Gasteiger partial charge >= 0.3 is 0 Å². The van der Waals surface area contributed by atoms with Crippen LogP contribution in [0.5, 0.6) is 5.75 Å². The van der Waals surface area contributed by atoms with Crippen molar-refractivity contribution < 1.29 is 4.74 Å². The summed E-state index contributed by atoms with van der Waals surface area (Å²) in [6.45, 7) is 2.83. The average molecular weight is 298 g/mol. The van der Waals surface area contributed by atoms with E-state index < -0.39 is 0 Å². The van der Waals surface area contributed by atoms with E-state index in [-0.39, 0.29) is 0 Å². The highest BCUT2D eigenvalue weighted by atomic mass is 79.9. The zero-order valence-corrected chi connectivity index (χ0v) is 11.9. The number of benzene rings is 1. The Kier molecular flexibility index (Phi) is 4.46. The molecule has 2 nitrogen and oxygen atoms in total. The van der Waals surface area contributed by atoms with Crippen LogP contribution in [0.15, 0.2) is 22.7 Å². The lowest BCUT2D eigenvalue weighted by Gasteiger charge is -2.27. The Bertz CT molecular complexity index is 372. The van der Waals surface area contributed by atoms with Gasteiger partial charge < -0.3 is 10.5 Å². The maximum Gasteiger partial charge on any atom is 0.125 e. The van der Waals surface area contributed by atoms with Gasteiger partial charge in [-0.3, -0.25) is 0 Å². The normalized spacial score (nSPS) is 24.6. The molecule has 0 atom stereocenters. The second kappa shape index (κ2) is 5.87. The van der Waals surface area contributed by atoms with Crippen molar-refractivity contribution in [3.63, 3.8) is 0 Å². The van der Waals surface area contributed by atoms with Crippen molar-refractivity contribution in [3.8, 4) is 5.75 Å². The number of rotatable bonds is 3.